The van der Waals surface area contributed by atoms with E-state index >= 15 is 0 Å². The number of halogens is 1. The van der Waals surface area contributed by atoms with Gasteiger partial charge in [0, 0.05) is 29.8 Å². The van der Waals surface area contributed by atoms with Gasteiger partial charge in [-0.25, -0.2) is 19.4 Å². The number of nitrogens with zero attached hydrogens (tertiary/aromatic N) is 5. The van der Waals surface area contributed by atoms with Crippen LogP contribution in [0.15, 0.2) is 30.5 Å². The molecule has 4 rings (SSSR count). The summed E-state index contributed by atoms with van der Waals surface area (Å²) in [5, 5.41) is 20.1. The Morgan fingerprint density at radius 1 is 1.34 bits per heavy atom. The third kappa shape index (κ3) is 5.58. The van der Waals surface area contributed by atoms with Crippen molar-refractivity contribution < 1.29 is 19.4 Å². The van der Waals surface area contributed by atoms with Gasteiger partial charge in [0.1, 0.15) is 11.3 Å². The fourth-order valence-corrected chi connectivity index (χ4v) is 3.81. The van der Waals surface area contributed by atoms with E-state index in [9.17, 15) is 9.59 Å². The standard InChI is InChI=1S/C24H23ClN6O4/c1-14-16(8-9-24(10-11-24)13-19(32)33)6-7-18(27-14)20-22(31(3)30-29-20)28-23(34)35-15(2)17-5-4-12-26-21(17)25/h4-7,12,15H,10-11,13H2,1-3H3,(H,28,34)(H,32,33). The molecule has 0 spiro atoms. The molecule has 2 N–H and O–H groups in total. The number of amides is 1. The normalized spacial score (nSPS) is 14.4. The van der Waals surface area contributed by atoms with Gasteiger partial charge in [0.05, 0.1) is 17.8 Å². The molecule has 1 saturated carbocycles. The fourth-order valence-electron chi connectivity index (χ4n) is 3.53. The molecule has 0 saturated heterocycles. The molecule has 0 aliphatic heterocycles. The Morgan fingerprint density at radius 3 is 2.77 bits per heavy atom. The smallest absolute Gasteiger partial charge is 0.413 e. The minimum atomic E-state index is -0.846. The lowest BCUT2D eigenvalue weighted by Crippen LogP contribution is -2.18. The van der Waals surface area contributed by atoms with Gasteiger partial charge in [0.15, 0.2) is 11.5 Å². The number of carboxylic acid groups (broad SMARTS) is 1. The van der Waals surface area contributed by atoms with Crippen molar-refractivity contribution in [1.29, 1.82) is 0 Å². The van der Waals surface area contributed by atoms with Crippen LogP contribution in [0.2, 0.25) is 5.15 Å². The molecule has 10 nitrogen and oxygen atoms in total. The number of pyridine rings is 2. The number of carbonyl (C=O) groups is 2. The van der Waals surface area contributed by atoms with Crippen molar-refractivity contribution in [3.63, 3.8) is 0 Å². The molecule has 1 aliphatic rings. The number of ether oxygens (including phenoxy) is 1. The van der Waals surface area contributed by atoms with E-state index in [-0.39, 0.29) is 11.6 Å². The quantitative estimate of drug-likeness (QED) is 0.385. The first-order chi connectivity index (χ1) is 16.7. The van der Waals surface area contributed by atoms with E-state index in [1.165, 1.54) is 4.68 Å². The second kappa shape index (κ2) is 9.72. The predicted molar refractivity (Wildman–Crippen MR) is 128 cm³/mol. The van der Waals surface area contributed by atoms with Gasteiger partial charge in [-0.15, -0.1) is 5.10 Å². The van der Waals surface area contributed by atoms with Crippen LogP contribution in [0, 0.1) is 24.2 Å². The van der Waals surface area contributed by atoms with Gasteiger partial charge in [0.2, 0.25) is 0 Å². The molecular weight excluding hydrogens is 472 g/mol. The number of carbonyl (C=O) groups excluding carboxylic acids is 1. The maximum atomic E-state index is 12.6. The number of carboxylic acids is 1. The second-order valence-electron chi connectivity index (χ2n) is 8.40. The van der Waals surface area contributed by atoms with Crippen LogP contribution in [-0.4, -0.2) is 42.1 Å². The molecule has 1 atom stereocenters. The number of aromatic nitrogens is 5. The van der Waals surface area contributed by atoms with Gasteiger partial charge >= 0.3 is 12.1 Å². The molecule has 35 heavy (non-hydrogen) atoms. The van der Waals surface area contributed by atoms with Crippen molar-refractivity contribution in [2.75, 3.05) is 5.32 Å². The largest absolute Gasteiger partial charge is 0.481 e. The summed E-state index contributed by atoms with van der Waals surface area (Å²) in [6.45, 7) is 3.50. The number of anilines is 1. The van der Waals surface area contributed by atoms with Crippen LogP contribution < -0.4 is 5.32 Å². The lowest BCUT2D eigenvalue weighted by Gasteiger charge is -2.15. The van der Waals surface area contributed by atoms with Crippen molar-refractivity contribution in [3.05, 3.63) is 52.4 Å². The highest BCUT2D eigenvalue weighted by Gasteiger charge is 2.43. The molecule has 0 radical (unpaired) electrons. The van der Waals surface area contributed by atoms with E-state index in [0.29, 0.717) is 34.0 Å². The molecular formula is C24H23ClN6O4. The minimum Gasteiger partial charge on any atom is -0.481 e. The molecule has 0 bridgehead atoms. The van der Waals surface area contributed by atoms with Crippen LogP contribution in [0.5, 0.6) is 0 Å². The van der Waals surface area contributed by atoms with Gasteiger partial charge in [-0.1, -0.05) is 34.7 Å². The van der Waals surface area contributed by atoms with Crippen LogP contribution in [0.3, 0.4) is 0 Å². The zero-order chi connectivity index (χ0) is 25.2. The minimum absolute atomic E-state index is 0.0426. The van der Waals surface area contributed by atoms with E-state index in [2.05, 4.69) is 37.4 Å². The Bertz CT molecular complexity index is 1360. The van der Waals surface area contributed by atoms with Crippen LogP contribution in [0.4, 0.5) is 10.6 Å². The van der Waals surface area contributed by atoms with E-state index in [4.69, 9.17) is 21.4 Å². The maximum absolute atomic E-state index is 12.6. The zero-order valence-corrected chi connectivity index (χ0v) is 20.1. The highest BCUT2D eigenvalue weighted by Crippen LogP contribution is 2.48. The molecule has 3 aromatic rings. The first-order valence-corrected chi connectivity index (χ1v) is 11.3. The Hall–Kier alpha value is -3.97. The van der Waals surface area contributed by atoms with Crippen molar-refractivity contribution in [3.8, 4) is 23.2 Å². The number of aliphatic carboxylic acids is 1. The monoisotopic (exact) mass is 494 g/mol. The predicted octanol–water partition coefficient (Wildman–Crippen LogP) is 4.15. The molecule has 1 aliphatic carbocycles. The zero-order valence-electron chi connectivity index (χ0n) is 19.4. The molecule has 3 heterocycles. The van der Waals surface area contributed by atoms with E-state index in [1.54, 1.807) is 51.4 Å². The summed E-state index contributed by atoms with van der Waals surface area (Å²) in [7, 11) is 1.64. The SMILES string of the molecule is Cc1nc(-c2nnn(C)c2NC(=O)OC(C)c2cccnc2Cl)ccc1C#CC1(CC(=O)O)CC1. The number of hydrogen-bond donors (Lipinski definition) is 2. The highest BCUT2D eigenvalue weighted by atomic mass is 35.5. The van der Waals surface area contributed by atoms with Gasteiger partial charge in [0.25, 0.3) is 0 Å². The molecule has 3 aromatic heterocycles. The number of rotatable bonds is 6. The summed E-state index contributed by atoms with van der Waals surface area (Å²) in [6.07, 6.45) is 1.82. The van der Waals surface area contributed by atoms with Crippen LogP contribution in [-0.2, 0) is 16.6 Å². The molecule has 1 fully saturated rings. The fraction of sp³-hybridized carbons (Fsp3) is 0.333. The summed E-state index contributed by atoms with van der Waals surface area (Å²) < 4.78 is 6.86. The van der Waals surface area contributed by atoms with Crippen molar-refractivity contribution >= 4 is 29.5 Å². The third-order valence-corrected chi connectivity index (χ3v) is 6.01. The molecule has 180 valence electrons. The Labute approximate surface area is 206 Å². The average molecular weight is 495 g/mol. The third-order valence-electron chi connectivity index (χ3n) is 5.69. The Kier molecular flexibility index (Phi) is 6.71. The van der Waals surface area contributed by atoms with E-state index < -0.39 is 23.6 Å². The summed E-state index contributed by atoms with van der Waals surface area (Å²) in [5.74, 6) is 5.64. The van der Waals surface area contributed by atoms with E-state index in [1.807, 2.05) is 0 Å². The van der Waals surface area contributed by atoms with Gasteiger partial charge in [-0.2, -0.15) is 0 Å². The molecule has 0 aromatic carbocycles. The first kappa shape index (κ1) is 24.2. The average Bonchev–Trinajstić information content (AvgIpc) is 3.46. The lowest BCUT2D eigenvalue weighted by molar-refractivity contribution is -0.137. The first-order valence-electron chi connectivity index (χ1n) is 10.9. The van der Waals surface area contributed by atoms with Gasteiger partial charge in [-0.3, -0.25) is 10.1 Å². The summed E-state index contributed by atoms with van der Waals surface area (Å²) in [6, 6.07) is 6.96. The topological polar surface area (TPSA) is 132 Å². The van der Waals surface area contributed by atoms with Crippen molar-refractivity contribution in [2.24, 2.45) is 12.5 Å². The van der Waals surface area contributed by atoms with Crippen LogP contribution >= 0.6 is 11.6 Å². The molecule has 1 unspecified atom stereocenters. The molecule has 11 heteroatoms. The second-order valence-corrected chi connectivity index (χ2v) is 8.75. The van der Waals surface area contributed by atoms with E-state index in [0.717, 1.165) is 12.8 Å². The van der Waals surface area contributed by atoms with Crippen molar-refractivity contribution in [1.82, 2.24) is 25.0 Å². The Morgan fingerprint density at radius 2 is 2.11 bits per heavy atom. The van der Waals surface area contributed by atoms with Crippen LogP contribution in [0.1, 0.15) is 49.1 Å². The van der Waals surface area contributed by atoms with Gasteiger partial charge < -0.3 is 9.84 Å². The highest BCUT2D eigenvalue weighted by molar-refractivity contribution is 6.30. The summed E-state index contributed by atoms with van der Waals surface area (Å²) in [4.78, 5) is 32.2. The number of hydrogen-bond acceptors (Lipinski definition) is 7. The van der Waals surface area contributed by atoms with Gasteiger partial charge in [-0.05, 0) is 44.9 Å². The van der Waals surface area contributed by atoms with Crippen molar-refractivity contribution in [2.45, 2.75) is 39.2 Å². The maximum Gasteiger partial charge on any atom is 0.413 e. The summed E-state index contributed by atoms with van der Waals surface area (Å²) >= 11 is 6.09. The molecule has 1 amide bonds. The lowest BCUT2D eigenvalue weighted by atomic mass is 10.0. The summed E-state index contributed by atoms with van der Waals surface area (Å²) in [5.41, 5.74) is 2.36. The number of nitrogens with one attached hydrogen (secondary N) is 1. The van der Waals surface area contributed by atoms with Crippen LogP contribution in [0.25, 0.3) is 11.4 Å². The number of aryl methyl sites for hydroxylation is 2. The Balaban J connectivity index is 1.50.